The number of methoxy groups -OCH3 is 1. The zero-order valence-corrected chi connectivity index (χ0v) is 13.9. The normalized spacial score (nSPS) is 10.5. The number of nitrogens with zero attached hydrogens (tertiary/aromatic N) is 2. The summed E-state index contributed by atoms with van der Waals surface area (Å²) in [6, 6.07) is 12.0. The highest BCUT2D eigenvalue weighted by Gasteiger charge is 2.10. The van der Waals surface area contributed by atoms with Crippen LogP contribution in [0, 0.1) is 0 Å². The maximum absolute atomic E-state index is 12.1. The fraction of sp³-hybridized carbons (Fsp3) is 0.167. The van der Waals surface area contributed by atoms with Crippen LogP contribution in [0.15, 0.2) is 53.5 Å². The lowest BCUT2D eigenvalue weighted by Crippen LogP contribution is -2.18. The highest BCUT2D eigenvalue weighted by atomic mass is 16.5. The molecule has 2 aromatic heterocycles. The quantitative estimate of drug-likeness (QED) is 0.739. The summed E-state index contributed by atoms with van der Waals surface area (Å²) in [4.78, 5) is 28.4. The van der Waals surface area contributed by atoms with Crippen molar-refractivity contribution in [1.29, 1.82) is 0 Å². The predicted molar refractivity (Wildman–Crippen MR) is 95.2 cm³/mol. The van der Waals surface area contributed by atoms with Crippen LogP contribution in [0.4, 0.5) is 5.69 Å². The summed E-state index contributed by atoms with van der Waals surface area (Å²) in [5.74, 6) is 0.415. The number of carbonyl (C=O) groups is 1. The summed E-state index contributed by atoms with van der Waals surface area (Å²) in [5.41, 5.74) is 2.20. The molecule has 0 fully saturated rings. The Bertz CT molecular complexity index is 981. The molecule has 128 valence electrons. The molecule has 3 rings (SSSR count). The summed E-state index contributed by atoms with van der Waals surface area (Å²) in [6.07, 6.45) is 1.68. The summed E-state index contributed by atoms with van der Waals surface area (Å²) < 4.78 is 6.80. The van der Waals surface area contributed by atoms with E-state index in [-0.39, 0.29) is 11.5 Å². The number of benzene rings is 1. The molecular weight excluding hydrogens is 320 g/mol. The molecule has 7 nitrogen and oxygen atoms in total. The van der Waals surface area contributed by atoms with Gasteiger partial charge in [-0.15, -0.1) is 0 Å². The standard InChI is InChI=1S/C18H18N4O3/c1-19-18(24)12-6-7-15(25-2)14(9-12)20-11-13-10-17(23)22-8-4-3-5-16(22)21-13/h3-10,20H,11H2,1-2H3,(H,19,24). The van der Waals surface area contributed by atoms with E-state index < -0.39 is 0 Å². The second kappa shape index (κ2) is 7.04. The number of fused-ring (bicyclic) bond motifs is 1. The van der Waals surface area contributed by atoms with Crippen LogP contribution in [0.25, 0.3) is 5.65 Å². The van der Waals surface area contributed by atoms with Crippen LogP contribution in [0.2, 0.25) is 0 Å². The second-order valence-corrected chi connectivity index (χ2v) is 5.36. The number of carbonyl (C=O) groups excluding carboxylic acids is 1. The number of hydrogen-bond acceptors (Lipinski definition) is 5. The lowest BCUT2D eigenvalue weighted by Gasteiger charge is -2.12. The van der Waals surface area contributed by atoms with E-state index in [4.69, 9.17) is 4.74 Å². The van der Waals surface area contributed by atoms with E-state index in [0.717, 1.165) is 0 Å². The smallest absolute Gasteiger partial charge is 0.258 e. The van der Waals surface area contributed by atoms with Crippen molar-refractivity contribution in [3.8, 4) is 5.75 Å². The van der Waals surface area contributed by atoms with Gasteiger partial charge in [0.1, 0.15) is 11.4 Å². The third kappa shape index (κ3) is 3.45. The van der Waals surface area contributed by atoms with Gasteiger partial charge in [-0.2, -0.15) is 0 Å². The second-order valence-electron chi connectivity index (χ2n) is 5.36. The van der Waals surface area contributed by atoms with Crippen molar-refractivity contribution in [3.63, 3.8) is 0 Å². The molecule has 0 aliphatic heterocycles. The van der Waals surface area contributed by atoms with Gasteiger partial charge in [0.2, 0.25) is 0 Å². The van der Waals surface area contributed by atoms with Gasteiger partial charge in [-0.3, -0.25) is 14.0 Å². The SMILES string of the molecule is CNC(=O)c1ccc(OC)c(NCc2cc(=O)n3ccccc3n2)c1. The van der Waals surface area contributed by atoms with Gasteiger partial charge in [0, 0.05) is 24.9 Å². The minimum absolute atomic E-state index is 0.145. The third-order valence-electron chi connectivity index (χ3n) is 3.77. The molecule has 0 atom stereocenters. The van der Waals surface area contributed by atoms with E-state index in [1.165, 1.54) is 10.5 Å². The van der Waals surface area contributed by atoms with Crippen LogP contribution in [0.5, 0.6) is 5.75 Å². The van der Waals surface area contributed by atoms with Crippen LogP contribution >= 0.6 is 0 Å². The lowest BCUT2D eigenvalue weighted by atomic mass is 10.1. The van der Waals surface area contributed by atoms with E-state index >= 15 is 0 Å². The zero-order valence-electron chi connectivity index (χ0n) is 13.9. The fourth-order valence-corrected chi connectivity index (χ4v) is 2.51. The zero-order chi connectivity index (χ0) is 17.8. The molecule has 1 aromatic carbocycles. The number of pyridine rings is 1. The van der Waals surface area contributed by atoms with E-state index in [9.17, 15) is 9.59 Å². The maximum Gasteiger partial charge on any atom is 0.258 e. The first-order valence-corrected chi connectivity index (χ1v) is 7.73. The van der Waals surface area contributed by atoms with Crippen LogP contribution in [0.3, 0.4) is 0 Å². The average Bonchev–Trinajstić information content (AvgIpc) is 2.65. The van der Waals surface area contributed by atoms with Gasteiger partial charge in [-0.25, -0.2) is 4.98 Å². The highest BCUT2D eigenvalue weighted by molar-refractivity contribution is 5.95. The Kier molecular flexibility index (Phi) is 4.65. The molecule has 2 heterocycles. The maximum atomic E-state index is 12.1. The van der Waals surface area contributed by atoms with Gasteiger partial charge in [-0.05, 0) is 30.3 Å². The summed E-state index contributed by atoms with van der Waals surface area (Å²) in [6.45, 7) is 0.328. The Balaban J connectivity index is 1.88. The van der Waals surface area contributed by atoms with Gasteiger partial charge in [-0.1, -0.05) is 6.07 Å². The van der Waals surface area contributed by atoms with Gasteiger partial charge in [0.15, 0.2) is 0 Å². The molecule has 25 heavy (non-hydrogen) atoms. The Hall–Kier alpha value is -3.35. The van der Waals surface area contributed by atoms with Gasteiger partial charge in [0.05, 0.1) is 25.0 Å². The number of hydrogen-bond donors (Lipinski definition) is 2. The van der Waals surface area contributed by atoms with Crippen molar-refractivity contribution in [3.05, 3.63) is 70.3 Å². The first-order chi connectivity index (χ1) is 12.1. The minimum atomic E-state index is -0.187. The average molecular weight is 338 g/mol. The molecule has 0 saturated heterocycles. The van der Waals surface area contributed by atoms with Crippen LogP contribution < -0.4 is 20.9 Å². The minimum Gasteiger partial charge on any atom is -0.495 e. The topological polar surface area (TPSA) is 84.7 Å². The highest BCUT2D eigenvalue weighted by Crippen LogP contribution is 2.26. The predicted octanol–water partition coefficient (Wildman–Crippen LogP) is 1.67. The number of nitrogens with one attached hydrogen (secondary N) is 2. The first-order valence-electron chi connectivity index (χ1n) is 7.73. The van der Waals surface area contributed by atoms with E-state index in [2.05, 4.69) is 15.6 Å². The van der Waals surface area contributed by atoms with Crippen LogP contribution in [0.1, 0.15) is 16.1 Å². The first kappa shape index (κ1) is 16.5. The number of anilines is 1. The van der Waals surface area contributed by atoms with Crippen molar-refractivity contribution >= 4 is 17.2 Å². The summed E-state index contributed by atoms with van der Waals surface area (Å²) >= 11 is 0. The molecular formula is C18H18N4O3. The Labute approximate surface area is 144 Å². The van der Waals surface area contributed by atoms with Crippen LogP contribution in [-0.4, -0.2) is 29.4 Å². The molecule has 0 radical (unpaired) electrons. The van der Waals surface area contributed by atoms with E-state index in [1.54, 1.807) is 50.7 Å². The van der Waals surface area contributed by atoms with Crippen molar-refractivity contribution in [2.24, 2.45) is 0 Å². The molecule has 0 aliphatic carbocycles. The largest absolute Gasteiger partial charge is 0.495 e. The third-order valence-corrected chi connectivity index (χ3v) is 3.77. The molecule has 0 saturated carbocycles. The lowest BCUT2D eigenvalue weighted by molar-refractivity contribution is 0.0963. The van der Waals surface area contributed by atoms with Crippen molar-refractivity contribution in [2.75, 3.05) is 19.5 Å². The number of aromatic nitrogens is 2. The van der Waals surface area contributed by atoms with Crippen molar-refractivity contribution < 1.29 is 9.53 Å². The van der Waals surface area contributed by atoms with Gasteiger partial charge >= 0.3 is 0 Å². The molecule has 1 amide bonds. The van der Waals surface area contributed by atoms with E-state index in [1.807, 2.05) is 6.07 Å². The van der Waals surface area contributed by atoms with Gasteiger partial charge < -0.3 is 15.4 Å². The van der Waals surface area contributed by atoms with E-state index in [0.29, 0.717) is 34.9 Å². The molecule has 7 heteroatoms. The number of amides is 1. The Morgan fingerprint density at radius 2 is 2.08 bits per heavy atom. The molecule has 0 spiro atoms. The fourth-order valence-electron chi connectivity index (χ4n) is 2.51. The van der Waals surface area contributed by atoms with Crippen molar-refractivity contribution in [1.82, 2.24) is 14.7 Å². The Morgan fingerprint density at radius 1 is 1.24 bits per heavy atom. The number of rotatable bonds is 5. The molecule has 2 N–H and O–H groups in total. The van der Waals surface area contributed by atoms with Crippen molar-refractivity contribution in [2.45, 2.75) is 6.54 Å². The Morgan fingerprint density at radius 3 is 2.84 bits per heavy atom. The molecule has 3 aromatic rings. The van der Waals surface area contributed by atoms with Crippen LogP contribution in [-0.2, 0) is 6.54 Å². The summed E-state index contributed by atoms with van der Waals surface area (Å²) in [7, 11) is 3.13. The van der Waals surface area contributed by atoms with Gasteiger partial charge in [0.25, 0.3) is 11.5 Å². The molecule has 0 bridgehead atoms. The summed E-state index contributed by atoms with van der Waals surface area (Å²) in [5, 5.41) is 5.76. The molecule has 0 aliphatic rings. The molecule has 0 unspecified atom stereocenters. The number of ether oxygens (including phenoxy) is 1. The monoisotopic (exact) mass is 338 g/mol.